The summed E-state index contributed by atoms with van der Waals surface area (Å²) in [5, 5.41) is 7.36. The number of rotatable bonds is 4. The summed E-state index contributed by atoms with van der Waals surface area (Å²) in [6, 6.07) is 0. The summed E-state index contributed by atoms with van der Waals surface area (Å²) >= 11 is 1.72. The Bertz CT molecular complexity index is 597. The number of nitrogens with zero attached hydrogens (tertiary/aromatic N) is 1. The summed E-state index contributed by atoms with van der Waals surface area (Å²) in [7, 11) is 0. The molecule has 4 rings (SSSR count). The van der Waals surface area contributed by atoms with E-state index in [4.69, 9.17) is 4.98 Å². The lowest BCUT2D eigenvalue weighted by Gasteiger charge is -2.22. The molecule has 2 unspecified atom stereocenters. The molecule has 1 amide bonds. The van der Waals surface area contributed by atoms with Crippen LogP contribution in [0.15, 0.2) is 0 Å². The molecule has 1 spiro atoms. The Hall–Kier alpha value is -0.650. The number of nitrogens with one attached hydrogen (secondary N) is 2. The second kappa shape index (κ2) is 7.30. The first kappa shape index (κ1) is 18.2. The number of carbonyl (C=O) groups excluding carboxylic acids is 1. The lowest BCUT2D eigenvalue weighted by Crippen LogP contribution is -2.31. The Morgan fingerprint density at radius 1 is 1.42 bits per heavy atom. The van der Waals surface area contributed by atoms with Crippen LogP contribution >= 0.6 is 23.7 Å². The molecule has 1 saturated carbocycles. The van der Waals surface area contributed by atoms with Crippen LogP contribution in [0.2, 0.25) is 0 Å². The van der Waals surface area contributed by atoms with E-state index in [1.165, 1.54) is 29.8 Å². The first-order chi connectivity index (χ1) is 11.2. The molecule has 3 aliphatic rings. The van der Waals surface area contributed by atoms with Gasteiger partial charge in [-0.2, -0.15) is 0 Å². The summed E-state index contributed by atoms with van der Waals surface area (Å²) in [6.07, 6.45) is 9.47. The molecule has 2 fully saturated rings. The topological polar surface area (TPSA) is 54.0 Å². The Labute approximate surface area is 154 Å². The summed E-state index contributed by atoms with van der Waals surface area (Å²) in [6.45, 7) is 4.39. The highest BCUT2D eigenvalue weighted by atomic mass is 35.5. The van der Waals surface area contributed by atoms with E-state index in [0.717, 1.165) is 56.2 Å². The fourth-order valence-electron chi connectivity index (χ4n) is 4.54. The molecule has 4 nitrogen and oxygen atoms in total. The first-order valence-electron chi connectivity index (χ1n) is 9.20. The highest BCUT2D eigenvalue weighted by Gasteiger charge is 2.57. The molecule has 1 aromatic heterocycles. The summed E-state index contributed by atoms with van der Waals surface area (Å²) in [5.41, 5.74) is 1.54. The van der Waals surface area contributed by atoms with Crippen molar-refractivity contribution in [3.8, 4) is 0 Å². The lowest BCUT2D eigenvalue weighted by atomic mass is 9.88. The van der Waals surface area contributed by atoms with Gasteiger partial charge in [-0.05, 0) is 62.9 Å². The number of piperidine rings is 1. The molecule has 2 atom stereocenters. The number of hydrogen-bond donors (Lipinski definition) is 2. The van der Waals surface area contributed by atoms with E-state index >= 15 is 0 Å². The van der Waals surface area contributed by atoms with Gasteiger partial charge in [-0.15, -0.1) is 23.7 Å². The average molecular weight is 370 g/mol. The van der Waals surface area contributed by atoms with Gasteiger partial charge in [-0.25, -0.2) is 4.98 Å². The summed E-state index contributed by atoms with van der Waals surface area (Å²) in [5.74, 6) is 1.25. The molecule has 2 N–H and O–H groups in total. The quantitative estimate of drug-likeness (QED) is 0.848. The van der Waals surface area contributed by atoms with E-state index in [1.54, 1.807) is 11.3 Å². The standard InChI is InChI=1S/C18H27N3OS.ClH/c1-2-3-12-4-5-14-15(10-12)23-17(20-14)21-16(22)13-11-18(13)6-8-19-9-7-18;/h12-13,19H,2-11H2,1H3,(H,20,21,22);1H. The van der Waals surface area contributed by atoms with Crippen LogP contribution in [-0.2, 0) is 17.6 Å². The monoisotopic (exact) mass is 369 g/mol. The smallest absolute Gasteiger partial charge is 0.229 e. The van der Waals surface area contributed by atoms with E-state index in [1.807, 2.05) is 0 Å². The molecule has 24 heavy (non-hydrogen) atoms. The Morgan fingerprint density at radius 2 is 2.21 bits per heavy atom. The molecule has 1 aromatic rings. The molecule has 134 valence electrons. The number of carbonyl (C=O) groups is 1. The van der Waals surface area contributed by atoms with Crippen molar-refractivity contribution < 1.29 is 4.79 Å². The van der Waals surface area contributed by atoms with E-state index in [0.29, 0.717) is 5.41 Å². The number of aryl methyl sites for hydroxylation is 1. The van der Waals surface area contributed by atoms with Gasteiger partial charge in [0, 0.05) is 10.8 Å². The van der Waals surface area contributed by atoms with Crippen LogP contribution in [0, 0.1) is 17.3 Å². The van der Waals surface area contributed by atoms with Crippen LogP contribution in [0.3, 0.4) is 0 Å². The molecular formula is C18H28ClN3OS. The van der Waals surface area contributed by atoms with Gasteiger partial charge in [0.05, 0.1) is 5.69 Å². The number of amides is 1. The summed E-state index contributed by atoms with van der Waals surface area (Å²) in [4.78, 5) is 18.7. The van der Waals surface area contributed by atoms with Gasteiger partial charge in [-0.1, -0.05) is 19.8 Å². The van der Waals surface area contributed by atoms with Crippen molar-refractivity contribution in [2.45, 2.75) is 58.3 Å². The van der Waals surface area contributed by atoms with Gasteiger partial charge in [0.2, 0.25) is 5.91 Å². The number of anilines is 1. The van der Waals surface area contributed by atoms with Crippen LogP contribution in [0.1, 0.15) is 56.0 Å². The van der Waals surface area contributed by atoms with E-state index in [-0.39, 0.29) is 24.2 Å². The van der Waals surface area contributed by atoms with Gasteiger partial charge in [0.25, 0.3) is 0 Å². The van der Waals surface area contributed by atoms with Gasteiger partial charge >= 0.3 is 0 Å². The molecule has 0 bridgehead atoms. The molecular weight excluding hydrogens is 342 g/mol. The number of thiazole rings is 1. The number of aromatic nitrogens is 1. The van der Waals surface area contributed by atoms with E-state index in [2.05, 4.69) is 17.6 Å². The van der Waals surface area contributed by atoms with Crippen LogP contribution in [-0.4, -0.2) is 24.0 Å². The van der Waals surface area contributed by atoms with Crippen molar-refractivity contribution in [2.75, 3.05) is 18.4 Å². The molecule has 0 aromatic carbocycles. The van der Waals surface area contributed by atoms with Crippen molar-refractivity contribution in [1.29, 1.82) is 0 Å². The lowest BCUT2D eigenvalue weighted by molar-refractivity contribution is -0.118. The zero-order valence-corrected chi connectivity index (χ0v) is 16.0. The van der Waals surface area contributed by atoms with Crippen molar-refractivity contribution in [3.63, 3.8) is 0 Å². The summed E-state index contributed by atoms with van der Waals surface area (Å²) < 4.78 is 0. The van der Waals surface area contributed by atoms with Crippen molar-refractivity contribution in [2.24, 2.45) is 17.3 Å². The van der Waals surface area contributed by atoms with E-state index in [9.17, 15) is 4.79 Å². The van der Waals surface area contributed by atoms with Gasteiger partial charge in [0.1, 0.15) is 0 Å². The highest BCUT2D eigenvalue weighted by Crippen LogP contribution is 2.58. The zero-order chi connectivity index (χ0) is 15.9. The average Bonchev–Trinajstić information content (AvgIpc) is 3.08. The number of fused-ring (bicyclic) bond motifs is 1. The molecule has 6 heteroatoms. The third kappa shape index (κ3) is 3.49. The highest BCUT2D eigenvalue weighted by molar-refractivity contribution is 7.15. The Morgan fingerprint density at radius 3 is 2.96 bits per heavy atom. The minimum Gasteiger partial charge on any atom is -0.317 e. The molecule has 1 aliphatic heterocycles. The fourth-order valence-corrected chi connectivity index (χ4v) is 5.66. The maximum Gasteiger partial charge on any atom is 0.229 e. The number of hydrogen-bond acceptors (Lipinski definition) is 4. The maximum atomic E-state index is 12.6. The van der Waals surface area contributed by atoms with Crippen LogP contribution in [0.25, 0.3) is 0 Å². The van der Waals surface area contributed by atoms with Gasteiger partial charge in [0.15, 0.2) is 5.13 Å². The van der Waals surface area contributed by atoms with Crippen molar-refractivity contribution in [1.82, 2.24) is 10.3 Å². The predicted molar refractivity (Wildman–Crippen MR) is 101 cm³/mol. The third-order valence-electron chi connectivity index (χ3n) is 6.07. The van der Waals surface area contributed by atoms with Gasteiger partial charge < -0.3 is 10.6 Å². The van der Waals surface area contributed by atoms with E-state index < -0.39 is 0 Å². The molecule has 2 heterocycles. The second-order valence-corrected chi connectivity index (χ2v) is 8.73. The largest absolute Gasteiger partial charge is 0.317 e. The zero-order valence-electron chi connectivity index (χ0n) is 14.4. The van der Waals surface area contributed by atoms with Crippen LogP contribution in [0.4, 0.5) is 5.13 Å². The van der Waals surface area contributed by atoms with Crippen molar-refractivity contribution >= 4 is 34.8 Å². The second-order valence-electron chi connectivity index (χ2n) is 7.64. The third-order valence-corrected chi connectivity index (χ3v) is 7.11. The van der Waals surface area contributed by atoms with Crippen LogP contribution < -0.4 is 10.6 Å². The van der Waals surface area contributed by atoms with Gasteiger partial charge in [-0.3, -0.25) is 4.79 Å². The Kier molecular flexibility index (Phi) is 5.52. The minimum atomic E-state index is 0. The maximum absolute atomic E-state index is 12.6. The molecule has 0 radical (unpaired) electrons. The minimum absolute atomic E-state index is 0. The number of halogens is 1. The normalized spacial score (nSPS) is 27.2. The fraction of sp³-hybridized carbons (Fsp3) is 0.778. The Balaban J connectivity index is 0.00000169. The SMILES string of the molecule is CCCC1CCc2nc(NC(=O)C3CC34CCNCC4)sc2C1.Cl. The van der Waals surface area contributed by atoms with Crippen LogP contribution in [0.5, 0.6) is 0 Å². The van der Waals surface area contributed by atoms with Crippen molar-refractivity contribution in [3.05, 3.63) is 10.6 Å². The molecule has 1 saturated heterocycles. The molecule has 2 aliphatic carbocycles. The first-order valence-corrected chi connectivity index (χ1v) is 10.0. The predicted octanol–water partition coefficient (Wildman–Crippen LogP) is 3.80.